The first kappa shape index (κ1) is 15.1. The highest BCUT2D eigenvalue weighted by atomic mass is 16.4. The zero-order chi connectivity index (χ0) is 15.6. The van der Waals surface area contributed by atoms with Crippen molar-refractivity contribution in [3.05, 3.63) is 23.8 Å². The zero-order valence-corrected chi connectivity index (χ0v) is 11.6. The van der Waals surface area contributed by atoms with E-state index in [0.29, 0.717) is 6.54 Å². The third-order valence-electron chi connectivity index (χ3n) is 3.82. The number of hydrogen-bond acceptors (Lipinski definition) is 4. The summed E-state index contributed by atoms with van der Waals surface area (Å²) in [5.41, 5.74) is 0.0785. The first-order chi connectivity index (χ1) is 9.93. The Morgan fingerprint density at radius 3 is 2.71 bits per heavy atom. The van der Waals surface area contributed by atoms with Crippen molar-refractivity contribution >= 4 is 17.7 Å². The van der Waals surface area contributed by atoms with E-state index in [9.17, 15) is 19.8 Å². The second-order valence-corrected chi connectivity index (χ2v) is 5.18. The Morgan fingerprint density at radius 1 is 1.43 bits per heavy atom. The van der Waals surface area contributed by atoms with Crippen LogP contribution in [0, 0.1) is 5.92 Å². The number of carboxylic acids is 1. The third-order valence-corrected chi connectivity index (χ3v) is 3.82. The number of anilines is 1. The number of aliphatic hydroxyl groups excluding tert-OH is 1. The van der Waals surface area contributed by atoms with Gasteiger partial charge < -0.3 is 25.5 Å². The van der Waals surface area contributed by atoms with E-state index in [1.165, 1.54) is 17.0 Å². The molecule has 1 aliphatic heterocycles. The molecular weight excluding hydrogens is 276 g/mol. The average molecular weight is 294 g/mol. The molecule has 0 saturated carbocycles. The maximum Gasteiger partial charge on any atom is 0.335 e. The molecule has 114 valence electrons. The Bertz CT molecular complexity index is 560. The Labute approximate surface area is 121 Å². The van der Waals surface area contributed by atoms with Crippen LogP contribution in [0.5, 0.6) is 5.75 Å². The lowest BCUT2D eigenvalue weighted by Crippen LogP contribution is -2.42. The van der Waals surface area contributed by atoms with Crippen molar-refractivity contribution in [3.63, 3.8) is 0 Å². The summed E-state index contributed by atoms with van der Waals surface area (Å²) in [6.45, 7) is 2.39. The van der Waals surface area contributed by atoms with Crippen LogP contribution in [-0.4, -0.2) is 51.4 Å². The van der Waals surface area contributed by atoms with Crippen molar-refractivity contribution in [2.45, 2.75) is 19.4 Å². The van der Waals surface area contributed by atoms with Gasteiger partial charge in [-0.2, -0.15) is 0 Å². The van der Waals surface area contributed by atoms with Crippen LogP contribution in [0.25, 0.3) is 0 Å². The van der Waals surface area contributed by atoms with Crippen molar-refractivity contribution in [2.24, 2.45) is 5.92 Å². The van der Waals surface area contributed by atoms with Crippen LogP contribution in [0.15, 0.2) is 18.2 Å². The van der Waals surface area contributed by atoms with E-state index in [1.807, 2.05) is 6.92 Å². The zero-order valence-electron chi connectivity index (χ0n) is 11.6. The monoisotopic (exact) mass is 294 g/mol. The van der Waals surface area contributed by atoms with E-state index in [1.54, 1.807) is 0 Å². The molecule has 0 bridgehead atoms. The number of carbonyl (C=O) groups excluding carboxylic acids is 1. The number of amides is 2. The van der Waals surface area contributed by atoms with Crippen molar-refractivity contribution in [3.8, 4) is 5.75 Å². The summed E-state index contributed by atoms with van der Waals surface area (Å²) in [4.78, 5) is 24.5. The topological polar surface area (TPSA) is 110 Å². The number of rotatable bonds is 3. The van der Waals surface area contributed by atoms with Crippen molar-refractivity contribution in [2.75, 3.05) is 18.5 Å². The number of aliphatic hydroxyl groups is 1. The van der Waals surface area contributed by atoms with E-state index < -0.39 is 12.0 Å². The summed E-state index contributed by atoms with van der Waals surface area (Å²) in [6, 6.07) is 3.05. The van der Waals surface area contributed by atoms with Crippen molar-refractivity contribution in [1.82, 2.24) is 4.90 Å². The van der Waals surface area contributed by atoms with Crippen molar-refractivity contribution < 1.29 is 24.9 Å². The molecule has 0 aromatic heterocycles. The molecule has 21 heavy (non-hydrogen) atoms. The van der Waals surface area contributed by atoms with E-state index >= 15 is 0 Å². The molecule has 0 spiro atoms. The second kappa shape index (κ2) is 6.01. The van der Waals surface area contributed by atoms with Gasteiger partial charge in [0.15, 0.2) is 0 Å². The molecule has 0 aliphatic carbocycles. The minimum Gasteiger partial charge on any atom is -0.506 e. The van der Waals surface area contributed by atoms with Crippen LogP contribution in [0.1, 0.15) is 23.7 Å². The Kier molecular flexibility index (Phi) is 4.32. The highest BCUT2D eigenvalue weighted by molar-refractivity contribution is 5.93. The quantitative estimate of drug-likeness (QED) is 0.629. The number of aromatic hydroxyl groups is 1. The second-order valence-electron chi connectivity index (χ2n) is 5.18. The van der Waals surface area contributed by atoms with Crippen LogP contribution in [0.3, 0.4) is 0 Å². The van der Waals surface area contributed by atoms with Gasteiger partial charge in [0.2, 0.25) is 0 Å². The minimum atomic E-state index is -1.16. The molecule has 2 unspecified atom stereocenters. The van der Waals surface area contributed by atoms with Gasteiger partial charge >= 0.3 is 12.0 Å². The van der Waals surface area contributed by atoms with Gasteiger partial charge in [-0.3, -0.25) is 0 Å². The number of nitrogens with one attached hydrogen (secondary N) is 1. The number of aromatic carboxylic acids is 1. The number of nitrogens with zero attached hydrogens (tertiary/aromatic N) is 1. The lowest BCUT2D eigenvalue weighted by molar-refractivity contribution is 0.0696. The number of phenols is 1. The predicted molar refractivity (Wildman–Crippen MR) is 75.4 cm³/mol. The molecule has 1 aliphatic rings. The third kappa shape index (κ3) is 3.08. The number of likely N-dealkylation sites (tertiary alicyclic amines) is 1. The number of phenolic OH excluding ortho intramolecular Hbond substituents is 1. The Hall–Kier alpha value is -2.28. The van der Waals surface area contributed by atoms with Gasteiger partial charge in [0.25, 0.3) is 0 Å². The minimum absolute atomic E-state index is 0.0615. The van der Waals surface area contributed by atoms with Gasteiger partial charge in [0.1, 0.15) is 5.75 Å². The lowest BCUT2D eigenvalue weighted by Gasteiger charge is -2.25. The molecule has 1 fully saturated rings. The van der Waals surface area contributed by atoms with Gasteiger partial charge in [0.05, 0.1) is 23.9 Å². The molecular formula is C14H18N2O5. The molecule has 1 heterocycles. The van der Waals surface area contributed by atoms with Crippen LogP contribution >= 0.6 is 0 Å². The standard InChI is InChI=1S/C14H18N2O5/c1-8-4-5-16(11(8)7-17)14(21)15-10-3-2-9(13(19)20)6-12(10)18/h2-3,6,8,11,17-18H,4-5,7H2,1H3,(H,15,21)(H,19,20). The van der Waals surface area contributed by atoms with E-state index in [0.717, 1.165) is 12.5 Å². The summed E-state index contributed by atoms with van der Waals surface area (Å²) in [7, 11) is 0. The maximum absolute atomic E-state index is 12.2. The van der Waals surface area contributed by atoms with E-state index in [2.05, 4.69) is 5.32 Å². The number of carboxylic acid groups (broad SMARTS) is 1. The number of urea groups is 1. The molecule has 1 aromatic rings. The SMILES string of the molecule is CC1CCN(C(=O)Nc2ccc(C(=O)O)cc2O)C1CO. The molecule has 2 atom stereocenters. The highest BCUT2D eigenvalue weighted by Gasteiger charge is 2.34. The van der Waals surface area contributed by atoms with Crippen LogP contribution < -0.4 is 5.32 Å². The van der Waals surface area contributed by atoms with Gasteiger partial charge in [-0.25, -0.2) is 9.59 Å². The fourth-order valence-electron chi connectivity index (χ4n) is 2.50. The van der Waals surface area contributed by atoms with Gasteiger partial charge in [-0.05, 0) is 30.5 Å². The fourth-order valence-corrected chi connectivity index (χ4v) is 2.50. The molecule has 7 heteroatoms. The summed E-state index contributed by atoms with van der Waals surface area (Å²) in [5.74, 6) is -1.25. The normalized spacial score (nSPS) is 21.3. The molecule has 0 radical (unpaired) electrons. The molecule has 1 saturated heterocycles. The average Bonchev–Trinajstić information content (AvgIpc) is 2.81. The largest absolute Gasteiger partial charge is 0.506 e. The molecule has 1 aromatic carbocycles. The lowest BCUT2D eigenvalue weighted by atomic mass is 10.0. The van der Waals surface area contributed by atoms with Gasteiger partial charge in [-0.1, -0.05) is 6.92 Å². The van der Waals surface area contributed by atoms with Gasteiger partial charge in [-0.15, -0.1) is 0 Å². The molecule has 2 rings (SSSR count). The van der Waals surface area contributed by atoms with E-state index in [4.69, 9.17) is 5.11 Å². The Morgan fingerprint density at radius 2 is 2.14 bits per heavy atom. The molecule has 7 nitrogen and oxygen atoms in total. The summed E-state index contributed by atoms with van der Waals surface area (Å²) in [5, 5.41) is 30.5. The summed E-state index contributed by atoms with van der Waals surface area (Å²) < 4.78 is 0. The Balaban J connectivity index is 2.11. The number of carbonyl (C=O) groups is 2. The fraction of sp³-hybridized carbons (Fsp3) is 0.429. The van der Waals surface area contributed by atoms with Crippen molar-refractivity contribution in [1.29, 1.82) is 0 Å². The first-order valence-electron chi connectivity index (χ1n) is 6.68. The predicted octanol–water partition coefficient (Wildman–Crippen LogP) is 1.32. The first-order valence-corrected chi connectivity index (χ1v) is 6.68. The number of hydrogen-bond donors (Lipinski definition) is 4. The van der Waals surface area contributed by atoms with Gasteiger partial charge in [0, 0.05) is 6.54 Å². The van der Waals surface area contributed by atoms with Crippen LogP contribution in [0.4, 0.5) is 10.5 Å². The van der Waals surface area contributed by atoms with Crippen LogP contribution in [0.2, 0.25) is 0 Å². The summed E-state index contributed by atoms with van der Waals surface area (Å²) in [6.07, 6.45) is 0.808. The number of benzene rings is 1. The van der Waals surface area contributed by atoms with E-state index in [-0.39, 0.29) is 35.6 Å². The van der Waals surface area contributed by atoms with Crippen LogP contribution in [-0.2, 0) is 0 Å². The highest BCUT2D eigenvalue weighted by Crippen LogP contribution is 2.27. The maximum atomic E-state index is 12.2. The molecule has 4 N–H and O–H groups in total. The summed E-state index contributed by atoms with van der Waals surface area (Å²) >= 11 is 0. The molecule has 2 amide bonds. The smallest absolute Gasteiger partial charge is 0.335 e.